The van der Waals surface area contributed by atoms with Crippen molar-refractivity contribution in [2.75, 3.05) is 5.32 Å². The number of esters is 1. The van der Waals surface area contributed by atoms with Gasteiger partial charge in [-0.25, -0.2) is 4.79 Å². The van der Waals surface area contributed by atoms with Gasteiger partial charge in [-0.05, 0) is 38.1 Å². The first-order valence-corrected chi connectivity index (χ1v) is 6.66. The minimum absolute atomic E-state index is 0.303. The maximum Gasteiger partial charge on any atom is 0.342 e. The number of amides is 1. The van der Waals surface area contributed by atoms with Crippen molar-refractivity contribution in [2.24, 2.45) is 0 Å². The Bertz CT molecular complexity index is 665. The summed E-state index contributed by atoms with van der Waals surface area (Å²) in [5, 5.41) is 3.13. The summed E-state index contributed by atoms with van der Waals surface area (Å²) in [6.45, 7) is 3.14. The van der Waals surface area contributed by atoms with Gasteiger partial charge in [-0.15, -0.1) is 0 Å². The largest absolute Gasteiger partial charge is 0.469 e. The van der Waals surface area contributed by atoms with E-state index in [4.69, 9.17) is 20.8 Å². The molecule has 0 fully saturated rings. The summed E-state index contributed by atoms with van der Waals surface area (Å²) in [5.41, 5.74) is 0.840. The predicted molar refractivity (Wildman–Crippen MR) is 78.4 cm³/mol. The van der Waals surface area contributed by atoms with E-state index >= 15 is 0 Å². The molecule has 21 heavy (non-hydrogen) atoms. The molecule has 1 atom stereocenters. The number of furan rings is 1. The zero-order chi connectivity index (χ0) is 15.4. The van der Waals surface area contributed by atoms with Gasteiger partial charge in [0, 0.05) is 10.7 Å². The van der Waals surface area contributed by atoms with E-state index in [1.165, 1.54) is 19.3 Å². The number of nitrogens with one attached hydrogen (secondary N) is 1. The van der Waals surface area contributed by atoms with Gasteiger partial charge in [-0.3, -0.25) is 4.79 Å². The van der Waals surface area contributed by atoms with Crippen LogP contribution in [0.15, 0.2) is 41.0 Å². The van der Waals surface area contributed by atoms with Crippen molar-refractivity contribution >= 4 is 29.2 Å². The number of benzene rings is 1. The molecule has 5 nitrogen and oxygen atoms in total. The molecule has 0 aliphatic carbocycles. The average molecular weight is 308 g/mol. The number of aryl methyl sites for hydroxylation is 1. The molecule has 0 radical (unpaired) electrons. The van der Waals surface area contributed by atoms with Crippen molar-refractivity contribution in [2.45, 2.75) is 20.0 Å². The highest BCUT2D eigenvalue weighted by atomic mass is 35.5. The number of ether oxygens (including phenoxy) is 1. The minimum atomic E-state index is -0.939. The topological polar surface area (TPSA) is 68.5 Å². The van der Waals surface area contributed by atoms with Crippen LogP contribution in [0.25, 0.3) is 0 Å². The van der Waals surface area contributed by atoms with Crippen LogP contribution in [0.3, 0.4) is 0 Å². The minimum Gasteiger partial charge on any atom is -0.469 e. The summed E-state index contributed by atoms with van der Waals surface area (Å²) in [4.78, 5) is 23.8. The van der Waals surface area contributed by atoms with Crippen LogP contribution in [-0.4, -0.2) is 18.0 Å². The van der Waals surface area contributed by atoms with Crippen LogP contribution in [0, 0.1) is 6.92 Å². The maximum absolute atomic E-state index is 12.0. The Morgan fingerprint density at radius 2 is 2.10 bits per heavy atom. The summed E-state index contributed by atoms with van der Waals surface area (Å²) in [7, 11) is 0. The second-order valence-electron chi connectivity index (χ2n) is 4.44. The normalized spacial score (nSPS) is 11.8. The van der Waals surface area contributed by atoms with E-state index < -0.39 is 18.0 Å². The van der Waals surface area contributed by atoms with Gasteiger partial charge in [0.05, 0.1) is 6.26 Å². The van der Waals surface area contributed by atoms with Crippen LogP contribution < -0.4 is 5.32 Å². The molecule has 0 bridgehead atoms. The molecular weight excluding hydrogens is 294 g/mol. The molecule has 1 N–H and O–H groups in total. The number of carbonyl (C=O) groups is 2. The van der Waals surface area contributed by atoms with Gasteiger partial charge in [0.15, 0.2) is 6.10 Å². The van der Waals surface area contributed by atoms with Crippen LogP contribution in [0.4, 0.5) is 5.69 Å². The van der Waals surface area contributed by atoms with Gasteiger partial charge in [0.1, 0.15) is 11.3 Å². The Kier molecular flexibility index (Phi) is 4.65. The van der Waals surface area contributed by atoms with Gasteiger partial charge in [-0.2, -0.15) is 0 Å². The first kappa shape index (κ1) is 15.1. The molecule has 0 spiro atoms. The first-order chi connectivity index (χ1) is 9.97. The van der Waals surface area contributed by atoms with E-state index in [2.05, 4.69) is 5.32 Å². The Balaban J connectivity index is 1.97. The summed E-state index contributed by atoms with van der Waals surface area (Å²) in [6.07, 6.45) is 0.452. The molecule has 1 aromatic carbocycles. The van der Waals surface area contributed by atoms with Gasteiger partial charge < -0.3 is 14.5 Å². The second kappa shape index (κ2) is 6.45. The lowest BCUT2D eigenvalue weighted by atomic mass is 10.2. The van der Waals surface area contributed by atoms with Gasteiger partial charge in [0.25, 0.3) is 5.91 Å². The molecule has 2 aromatic rings. The highest BCUT2D eigenvalue weighted by Gasteiger charge is 2.21. The fourth-order valence-corrected chi connectivity index (χ4v) is 1.87. The molecule has 1 amide bonds. The van der Waals surface area contributed by atoms with E-state index in [-0.39, 0.29) is 0 Å². The zero-order valence-corrected chi connectivity index (χ0v) is 12.3. The van der Waals surface area contributed by atoms with E-state index in [1.54, 1.807) is 31.2 Å². The van der Waals surface area contributed by atoms with E-state index in [0.29, 0.717) is 22.0 Å². The summed E-state index contributed by atoms with van der Waals surface area (Å²) >= 11 is 5.83. The SMILES string of the molecule is Cc1occc1C(=O)OC(C)C(=O)Nc1cccc(Cl)c1. The molecule has 1 heterocycles. The average Bonchev–Trinajstić information content (AvgIpc) is 2.85. The van der Waals surface area contributed by atoms with E-state index in [1.807, 2.05) is 0 Å². The highest BCUT2D eigenvalue weighted by Crippen LogP contribution is 2.16. The molecule has 0 aliphatic rings. The molecule has 110 valence electrons. The molecular formula is C15H14ClNO4. The summed E-state index contributed by atoms with van der Waals surface area (Å²) in [5.74, 6) is -0.593. The van der Waals surface area contributed by atoms with Crippen molar-refractivity contribution in [3.63, 3.8) is 0 Å². The zero-order valence-electron chi connectivity index (χ0n) is 11.6. The Hall–Kier alpha value is -2.27. The van der Waals surface area contributed by atoms with Crippen molar-refractivity contribution in [3.8, 4) is 0 Å². The molecule has 2 rings (SSSR count). The molecule has 0 aliphatic heterocycles. The van der Waals surface area contributed by atoms with E-state index in [0.717, 1.165) is 0 Å². The number of carbonyl (C=O) groups excluding carboxylic acids is 2. The maximum atomic E-state index is 12.0. The summed E-state index contributed by atoms with van der Waals surface area (Å²) < 4.78 is 10.1. The lowest BCUT2D eigenvalue weighted by molar-refractivity contribution is -0.123. The Labute approximate surface area is 126 Å². The van der Waals surface area contributed by atoms with Gasteiger partial charge in [-0.1, -0.05) is 17.7 Å². The van der Waals surface area contributed by atoms with Crippen molar-refractivity contribution in [3.05, 3.63) is 52.9 Å². The fourth-order valence-electron chi connectivity index (χ4n) is 1.68. The monoisotopic (exact) mass is 307 g/mol. The van der Waals surface area contributed by atoms with Crippen molar-refractivity contribution in [1.82, 2.24) is 0 Å². The van der Waals surface area contributed by atoms with Crippen LogP contribution in [-0.2, 0) is 9.53 Å². The molecule has 6 heteroatoms. The Morgan fingerprint density at radius 1 is 1.33 bits per heavy atom. The van der Waals surface area contributed by atoms with Crippen molar-refractivity contribution in [1.29, 1.82) is 0 Å². The van der Waals surface area contributed by atoms with Gasteiger partial charge >= 0.3 is 5.97 Å². The second-order valence-corrected chi connectivity index (χ2v) is 4.87. The first-order valence-electron chi connectivity index (χ1n) is 6.29. The standard InChI is InChI=1S/C15H14ClNO4/c1-9-13(6-7-20-9)15(19)21-10(2)14(18)17-12-5-3-4-11(16)8-12/h3-8,10H,1-2H3,(H,17,18). The van der Waals surface area contributed by atoms with Crippen LogP contribution in [0.5, 0.6) is 0 Å². The number of hydrogen-bond donors (Lipinski definition) is 1. The van der Waals surface area contributed by atoms with Gasteiger partial charge in [0.2, 0.25) is 0 Å². The third-order valence-corrected chi connectivity index (χ3v) is 3.06. The number of halogens is 1. The smallest absolute Gasteiger partial charge is 0.342 e. The van der Waals surface area contributed by atoms with Crippen LogP contribution in [0.1, 0.15) is 23.0 Å². The summed E-state index contributed by atoms with van der Waals surface area (Å²) in [6, 6.07) is 8.21. The Morgan fingerprint density at radius 3 is 2.71 bits per heavy atom. The molecule has 0 saturated heterocycles. The number of rotatable bonds is 4. The lowest BCUT2D eigenvalue weighted by Gasteiger charge is -2.13. The molecule has 0 saturated carbocycles. The third-order valence-electron chi connectivity index (χ3n) is 2.82. The predicted octanol–water partition coefficient (Wildman–Crippen LogP) is 3.43. The van der Waals surface area contributed by atoms with Crippen LogP contribution >= 0.6 is 11.6 Å². The number of hydrogen-bond acceptors (Lipinski definition) is 4. The lowest BCUT2D eigenvalue weighted by Crippen LogP contribution is -2.30. The van der Waals surface area contributed by atoms with Crippen molar-refractivity contribution < 1.29 is 18.7 Å². The quantitative estimate of drug-likeness (QED) is 0.879. The molecule has 1 unspecified atom stereocenters. The fraction of sp³-hybridized carbons (Fsp3) is 0.200. The third kappa shape index (κ3) is 3.86. The van der Waals surface area contributed by atoms with E-state index in [9.17, 15) is 9.59 Å². The number of anilines is 1. The van der Waals surface area contributed by atoms with Crippen LogP contribution in [0.2, 0.25) is 5.02 Å². The highest BCUT2D eigenvalue weighted by molar-refractivity contribution is 6.30. The molecule has 1 aromatic heterocycles.